The Kier molecular flexibility index (Phi) is 4.13. The second-order valence-corrected chi connectivity index (χ2v) is 8.63. The van der Waals surface area contributed by atoms with Gasteiger partial charge in [0.15, 0.2) is 11.5 Å². The molecular formula is C19H18N2O3S2. The fraction of sp³-hybridized carbons (Fsp3) is 0.368. The molecule has 26 heavy (non-hydrogen) atoms. The number of hydrogen-bond acceptors (Lipinski definition) is 6. The van der Waals surface area contributed by atoms with E-state index in [0.29, 0.717) is 19.0 Å². The number of H-pyrrole nitrogens is 1. The van der Waals surface area contributed by atoms with E-state index in [0.717, 1.165) is 45.3 Å². The lowest BCUT2D eigenvalue weighted by Crippen LogP contribution is -2.15. The maximum Gasteiger partial charge on any atom is 0.259 e. The van der Waals surface area contributed by atoms with Crippen LogP contribution in [0, 0.1) is 0 Å². The molecule has 1 aliphatic heterocycles. The second-order valence-electron chi connectivity index (χ2n) is 6.50. The molecule has 0 fully saturated rings. The van der Waals surface area contributed by atoms with Crippen molar-refractivity contribution in [1.82, 2.24) is 9.97 Å². The Morgan fingerprint density at radius 2 is 2.00 bits per heavy atom. The third-order valence-corrected chi connectivity index (χ3v) is 6.95. The van der Waals surface area contributed by atoms with E-state index in [9.17, 15) is 4.79 Å². The first-order valence-corrected chi connectivity index (χ1v) is 10.6. The molecule has 1 aliphatic carbocycles. The number of aryl methyl sites for hydroxylation is 2. The number of aromatic nitrogens is 2. The van der Waals surface area contributed by atoms with Crippen molar-refractivity contribution in [2.75, 3.05) is 13.2 Å². The Labute approximate surface area is 158 Å². The standard InChI is InChI=1S/C19H18N2O3S2/c22-18-17-12-3-1-2-4-15(12)26-19(17)21-16(20-18)10-25-11-5-6-13-14(9-11)24-8-7-23-13/h5-6,9H,1-4,7-8,10H2,(H,20,21,22). The number of hydrogen-bond donors (Lipinski definition) is 1. The van der Waals surface area contributed by atoms with Gasteiger partial charge in [0.05, 0.1) is 11.1 Å². The predicted molar refractivity (Wildman–Crippen MR) is 104 cm³/mol. The maximum absolute atomic E-state index is 12.6. The number of ether oxygens (including phenoxy) is 2. The third-order valence-electron chi connectivity index (χ3n) is 4.76. The smallest absolute Gasteiger partial charge is 0.259 e. The quantitative estimate of drug-likeness (QED) is 0.691. The highest BCUT2D eigenvalue weighted by Crippen LogP contribution is 2.36. The lowest BCUT2D eigenvalue weighted by molar-refractivity contribution is 0.171. The van der Waals surface area contributed by atoms with Crippen LogP contribution in [0.3, 0.4) is 0 Å². The summed E-state index contributed by atoms with van der Waals surface area (Å²) in [5.41, 5.74) is 1.24. The predicted octanol–water partition coefficient (Wildman–Crippen LogP) is 3.93. The summed E-state index contributed by atoms with van der Waals surface area (Å²) >= 11 is 3.33. The first-order valence-electron chi connectivity index (χ1n) is 8.84. The van der Waals surface area contributed by atoms with Crippen LogP contribution in [-0.2, 0) is 18.6 Å². The molecule has 3 heterocycles. The third kappa shape index (κ3) is 2.89. The van der Waals surface area contributed by atoms with Gasteiger partial charge in [-0.2, -0.15) is 0 Å². The van der Waals surface area contributed by atoms with Crippen LogP contribution in [0.25, 0.3) is 10.2 Å². The highest BCUT2D eigenvalue weighted by molar-refractivity contribution is 7.98. The first kappa shape index (κ1) is 16.2. The highest BCUT2D eigenvalue weighted by atomic mass is 32.2. The molecule has 0 radical (unpaired) electrons. The Morgan fingerprint density at radius 3 is 2.92 bits per heavy atom. The minimum Gasteiger partial charge on any atom is -0.486 e. The average Bonchev–Trinajstić information content (AvgIpc) is 3.05. The summed E-state index contributed by atoms with van der Waals surface area (Å²) in [4.78, 5) is 23.6. The van der Waals surface area contributed by atoms with Crippen LogP contribution in [0.1, 0.15) is 29.1 Å². The summed E-state index contributed by atoms with van der Waals surface area (Å²) in [5.74, 6) is 2.91. The lowest BCUT2D eigenvalue weighted by atomic mass is 9.97. The van der Waals surface area contributed by atoms with Gasteiger partial charge in [-0.1, -0.05) is 0 Å². The summed E-state index contributed by atoms with van der Waals surface area (Å²) in [5, 5.41) is 0.817. The number of nitrogens with zero attached hydrogens (tertiary/aromatic N) is 1. The molecule has 0 bridgehead atoms. The molecule has 7 heteroatoms. The van der Waals surface area contributed by atoms with Crippen LogP contribution in [0.4, 0.5) is 0 Å². The van der Waals surface area contributed by atoms with Gasteiger partial charge in [0.25, 0.3) is 5.56 Å². The maximum atomic E-state index is 12.6. The number of benzene rings is 1. The number of nitrogens with one attached hydrogen (secondary N) is 1. The molecule has 0 saturated carbocycles. The second kappa shape index (κ2) is 6.63. The molecule has 5 nitrogen and oxygen atoms in total. The van der Waals surface area contributed by atoms with Gasteiger partial charge in [-0.05, 0) is 49.4 Å². The van der Waals surface area contributed by atoms with E-state index in [2.05, 4.69) is 4.98 Å². The molecule has 0 unspecified atom stereocenters. The summed E-state index contributed by atoms with van der Waals surface area (Å²) in [6.07, 6.45) is 4.47. The van der Waals surface area contributed by atoms with Gasteiger partial charge in [-0.25, -0.2) is 4.98 Å². The largest absolute Gasteiger partial charge is 0.486 e. The molecule has 134 valence electrons. The molecule has 0 saturated heterocycles. The van der Waals surface area contributed by atoms with Gasteiger partial charge in [-0.15, -0.1) is 23.1 Å². The van der Waals surface area contributed by atoms with E-state index in [4.69, 9.17) is 14.5 Å². The van der Waals surface area contributed by atoms with Crippen LogP contribution >= 0.6 is 23.1 Å². The summed E-state index contributed by atoms with van der Waals surface area (Å²) < 4.78 is 11.2. The van der Waals surface area contributed by atoms with Gasteiger partial charge in [-0.3, -0.25) is 4.79 Å². The molecule has 1 aromatic carbocycles. The fourth-order valence-electron chi connectivity index (χ4n) is 3.54. The molecule has 1 N–H and O–H groups in total. The van der Waals surface area contributed by atoms with E-state index >= 15 is 0 Å². The molecule has 0 spiro atoms. The van der Waals surface area contributed by atoms with Crippen molar-refractivity contribution < 1.29 is 9.47 Å². The number of rotatable bonds is 3. The number of fused-ring (bicyclic) bond motifs is 4. The van der Waals surface area contributed by atoms with E-state index in [1.165, 1.54) is 23.3 Å². The normalized spacial score (nSPS) is 15.8. The van der Waals surface area contributed by atoms with E-state index < -0.39 is 0 Å². The summed E-state index contributed by atoms with van der Waals surface area (Å²) in [6.45, 7) is 1.17. The fourth-order valence-corrected chi connectivity index (χ4v) is 5.62. The Balaban J connectivity index is 1.40. The van der Waals surface area contributed by atoms with Crippen LogP contribution in [0.15, 0.2) is 27.9 Å². The minimum absolute atomic E-state index is 0.00664. The Bertz CT molecular complexity index is 1040. The summed E-state index contributed by atoms with van der Waals surface area (Å²) in [7, 11) is 0. The van der Waals surface area contributed by atoms with Crippen LogP contribution < -0.4 is 15.0 Å². The van der Waals surface area contributed by atoms with Gasteiger partial charge >= 0.3 is 0 Å². The Hall–Kier alpha value is -1.99. The zero-order valence-electron chi connectivity index (χ0n) is 14.2. The molecule has 0 atom stereocenters. The monoisotopic (exact) mass is 386 g/mol. The van der Waals surface area contributed by atoms with Crippen molar-refractivity contribution in [2.45, 2.75) is 36.3 Å². The van der Waals surface area contributed by atoms with E-state index in [-0.39, 0.29) is 5.56 Å². The van der Waals surface area contributed by atoms with Crippen molar-refractivity contribution >= 4 is 33.3 Å². The number of aromatic amines is 1. The van der Waals surface area contributed by atoms with Gasteiger partial charge in [0, 0.05) is 9.77 Å². The first-order chi connectivity index (χ1) is 12.8. The molecule has 3 aromatic rings. The zero-order valence-corrected chi connectivity index (χ0v) is 15.8. The van der Waals surface area contributed by atoms with Gasteiger partial charge in [0.1, 0.15) is 23.9 Å². The van der Waals surface area contributed by atoms with Crippen LogP contribution in [0.2, 0.25) is 0 Å². The molecule has 2 aromatic heterocycles. The van der Waals surface area contributed by atoms with E-state index in [1.807, 2.05) is 18.2 Å². The van der Waals surface area contributed by atoms with Gasteiger partial charge in [0.2, 0.25) is 0 Å². The molecular weight excluding hydrogens is 368 g/mol. The van der Waals surface area contributed by atoms with Crippen molar-refractivity contribution in [3.63, 3.8) is 0 Å². The molecule has 5 rings (SSSR count). The average molecular weight is 386 g/mol. The Morgan fingerprint density at radius 1 is 1.15 bits per heavy atom. The van der Waals surface area contributed by atoms with Crippen molar-refractivity contribution in [1.29, 1.82) is 0 Å². The van der Waals surface area contributed by atoms with Crippen molar-refractivity contribution in [2.24, 2.45) is 0 Å². The van der Waals surface area contributed by atoms with Crippen molar-refractivity contribution in [3.05, 3.63) is 44.8 Å². The SMILES string of the molecule is O=c1[nH]c(CSc2ccc3c(c2)OCCO3)nc2sc3c(c12)CCCC3. The van der Waals surface area contributed by atoms with Gasteiger partial charge < -0.3 is 14.5 Å². The topological polar surface area (TPSA) is 64.2 Å². The van der Waals surface area contributed by atoms with E-state index in [1.54, 1.807) is 23.1 Å². The van der Waals surface area contributed by atoms with Crippen molar-refractivity contribution in [3.8, 4) is 11.5 Å². The summed E-state index contributed by atoms with van der Waals surface area (Å²) in [6, 6.07) is 5.93. The minimum atomic E-state index is 0.00664. The zero-order chi connectivity index (χ0) is 17.5. The van der Waals surface area contributed by atoms with Crippen LogP contribution in [0.5, 0.6) is 11.5 Å². The lowest BCUT2D eigenvalue weighted by Gasteiger charge is -2.18. The number of thiophene rings is 1. The number of thioether (sulfide) groups is 1. The molecule has 0 amide bonds. The molecule has 2 aliphatic rings. The van der Waals surface area contributed by atoms with Crippen LogP contribution in [-0.4, -0.2) is 23.2 Å². The highest BCUT2D eigenvalue weighted by Gasteiger charge is 2.20.